The van der Waals surface area contributed by atoms with Crippen molar-refractivity contribution in [3.8, 4) is 5.75 Å². The number of hydrogen-bond donors (Lipinski definition) is 4. The highest BCUT2D eigenvalue weighted by Crippen LogP contribution is 2.38. The van der Waals surface area contributed by atoms with Gasteiger partial charge in [0.15, 0.2) is 5.78 Å². The van der Waals surface area contributed by atoms with Crippen molar-refractivity contribution in [2.75, 3.05) is 6.61 Å². The number of aromatic hydroxyl groups is 1. The van der Waals surface area contributed by atoms with E-state index in [-0.39, 0.29) is 18.1 Å². The molecule has 2 rings (SSSR count). The molecule has 0 amide bonds. The van der Waals surface area contributed by atoms with Gasteiger partial charge in [0.25, 0.3) is 0 Å². The van der Waals surface area contributed by atoms with Gasteiger partial charge in [0.1, 0.15) is 5.75 Å². The van der Waals surface area contributed by atoms with Crippen molar-refractivity contribution in [3.05, 3.63) is 52.5 Å². The number of phosphoric ester groups is 1. The van der Waals surface area contributed by atoms with E-state index in [1.807, 2.05) is 12.1 Å². The van der Waals surface area contributed by atoms with E-state index in [0.29, 0.717) is 28.3 Å². The fourth-order valence-electron chi connectivity index (χ4n) is 2.46. The molecule has 10 heteroatoms. The second-order valence-corrected chi connectivity index (χ2v) is 9.77. The van der Waals surface area contributed by atoms with Crippen molar-refractivity contribution >= 4 is 37.0 Å². The first-order chi connectivity index (χ1) is 13.4. The Morgan fingerprint density at radius 3 is 2.55 bits per heavy atom. The fraction of sp³-hybridized carbons (Fsp3) is 0.316. The van der Waals surface area contributed by atoms with Crippen molar-refractivity contribution in [2.45, 2.75) is 42.0 Å². The average molecular weight is 460 g/mol. The van der Waals surface area contributed by atoms with Gasteiger partial charge >= 0.3 is 7.82 Å². The molecule has 0 bridgehead atoms. The molecule has 0 unspecified atom stereocenters. The summed E-state index contributed by atoms with van der Waals surface area (Å²) < 4.78 is 15.3. The van der Waals surface area contributed by atoms with Crippen LogP contribution >= 0.6 is 31.2 Å². The Morgan fingerprint density at radius 2 is 1.97 bits per heavy atom. The van der Waals surface area contributed by atoms with Crippen LogP contribution in [0.4, 0.5) is 0 Å². The number of carbonyl (C=O) groups is 1. The second kappa shape index (κ2) is 9.62. The number of rotatable bonds is 9. The average Bonchev–Trinajstić information content (AvgIpc) is 2.60. The summed E-state index contributed by atoms with van der Waals surface area (Å²) in [7, 11) is -4.57. The topological polar surface area (TPSA) is 130 Å². The summed E-state index contributed by atoms with van der Waals surface area (Å²) in [6.07, 6.45) is 0.896. The zero-order valence-electron chi connectivity index (χ0n) is 16.0. The van der Waals surface area contributed by atoms with Crippen LogP contribution in [0.5, 0.6) is 5.75 Å². The van der Waals surface area contributed by atoms with Crippen LogP contribution in [-0.4, -0.2) is 32.8 Å². The van der Waals surface area contributed by atoms with Gasteiger partial charge in [-0.15, -0.1) is 0 Å². The van der Waals surface area contributed by atoms with Gasteiger partial charge in [0.05, 0.1) is 11.5 Å². The van der Waals surface area contributed by atoms with E-state index in [1.54, 1.807) is 25.1 Å². The minimum Gasteiger partial charge on any atom is -0.507 e. The molecule has 0 aliphatic rings. The van der Waals surface area contributed by atoms with Crippen LogP contribution in [0.25, 0.3) is 0 Å². The Morgan fingerprint density at radius 1 is 1.28 bits per heavy atom. The summed E-state index contributed by atoms with van der Waals surface area (Å²) in [5.74, 6) is -0.0167. The molecular formula is C19H23ClNO6PS. The molecule has 0 aliphatic carbocycles. The number of carbonyl (C=O) groups excluding carboxylic acids is 1. The summed E-state index contributed by atoms with van der Waals surface area (Å²) >= 11 is 7.65. The van der Waals surface area contributed by atoms with Crippen molar-refractivity contribution < 1.29 is 28.8 Å². The Hall–Kier alpha value is -1.38. The zero-order chi connectivity index (χ0) is 21.8. The third-order valence-electron chi connectivity index (χ3n) is 4.15. The van der Waals surface area contributed by atoms with Crippen LogP contribution in [0.15, 0.2) is 46.2 Å². The Kier molecular flexibility index (Phi) is 7.93. The lowest BCUT2D eigenvalue weighted by Crippen LogP contribution is -2.41. The van der Waals surface area contributed by atoms with Gasteiger partial charge in [0.2, 0.25) is 0 Å². The lowest BCUT2D eigenvalue weighted by molar-refractivity contribution is 0.101. The van der Waals surface area contributed by atoms with Crippen LogP contribution < -0.4 is 5.73 Å². The molecule has 0 spiro atoms. The number of phenolic OH excluding ortho intramolecular Hbond substituents is 1. The molecule has 0 aliphatic heterocycles. The highest BCUT2D eigenvalue weighted by molar-refractivity contribution is 7.99. The predicted molar refractivity (Wildman–Crippen MR) is 113 cm³/mol. The van der Waals surface area contributed by atoms with Crippen molar-refractivity contribution in [2.24, 2.45) is 5.73 Å². The molecular weight excluding hydrogens is 437 g/mol. The number of hydrogen-bond acceptors (Lipinski definition) is 6. The molecule has 0 heterocycles. The first-order valence-electron chi connectivity index (χ1n) is 8.65. The minimum atomic E-state index is -4.57. The molecule has 7 nitrogen and oxygen atoms in total. The Labute approximate surface area is 178 Å². The van der Waals surface area contributed by atoms with Crippen LogP contribution in [0, 0.1) is 0 Å². The van der Waals surface area contributed by atoms with Gasteiger partial charge in [-0.3, -0.25) is 9.32 Å². The van der Waals surface area contributed by atoms with E-state index >= 15 is 0 Å². The smallest absolute Gasteiger partial charge is 0.469 e. The number of phosphoric acid groups is 1. The molecule has 0 aromatic heterocycles. The molecule has 158 valence electrons. The van der Waals surface area contributed by atoms with Gasteiger partial charge in [-0.25, -0.2) is 4.57 Å². The van der Waals surface area contributed by atoms with Crippen LogP contribution in [0.1, 0.15) is 36.2 Å². The van der Waals surface area contributed by atoms with Crippen LogP contribution in [-0.2, 0) is 15.5 Å². The largest absolute Gasteiger partial charge is 0.507 e. The molecule has 0 saturated heterocycles. The molecule has 0 fully saturated rings. The zero-order valence-corrected chi connectivity index (χ0v) is 18.4. The van der Waals surface area contributed by atoms with Gasteiger partial charge < -0.3 is 20.6 Å². The standard InChI is InChI=1S/C19H23ClNO6PS/c1-12(22)14-4-6-17(23)18(9-14)29-15-5-3-13(16(20)10-15)7-8-19(2,21)11-27-28(24,25)26/h3-6,9-10,23H,7-8,11,21H2,1-2H3,(H2,24,25,26)/t19-/m0/s1. The van der Waals surface area contributed by atoms with Gasteiger partial charge in [-0.1, -0.05) is 29.4 Å². The van der Waals surface area contributed by atoms with Gasteiger partial charge in [-0.2, -0.15) is 0 Å². The first kappa shape index (κ1) is 23.9. The molecule has 2 aromatic carbocycles. The van der Waals surface area contributed by atoms with Gasteiger partial charge in [0, 0.05) is 21.0 Å². The number of phenols is 1. The van der Waals surface area contributed by atoms with E-state index < -0.39 is 13.4 Å². The number of nitrogens with two attached hydrogens (primary N) is 1. The fourth-order valence-corrected chi connectivity index (χ4v) is 4.19. The van der Waals surface area contributed by atoms with E-state index in [1.165, 1.54) is 24.8 Å². The van der Waals surface area contributed by atoms with Crippen LogP contribution in [0.3, 0.4) is 0 Å². The minimum absolute atomic E-state index is 0.0733. The van der Waals surface area contributed by atoms with E-state index in [9.17, 15) is 14.5 Å². The van der Waals surface area contributed by atoms with Crippen LogP contribution in [0.2, 0.25) is 5.02 Å². The van der Waals surface area contributed by atoms with E-state index in [0.717, 1.165) is 10.5 Å². The van der Waals surface area contributed by atoms with Gasteiger partial charge in [-0.05, 0) is 62.6 Å². The molecule has 1 atom stereocenters. The lowest BCUT2D eigenvalue weighted by Gasteiger charge is -2.24. The lowest BCUT2D eigenvalue weighted by atomic mass is 9.95. The third-order valence-corrected chi connectivity index (χ3v) is 6.00. The highest BCUT2D eigenvalue weighted by atomic mass is 35.5. The second-order valence-electron chi connectivity index (χ2n) is 7.01. The normalized spacial score (nSPS) is 13.9. The summed E-state index contributed by atoms with van der Waals surface area (Å²) in [4.78, 5) is 30.5. The van der Waals surface area contributed by atoms with Crippen molar-refractivity contribution in [3.63, 3.8) is 0 Å². The van der Waals surface area contributed by atoms with E-state index in [4.69, 9.17) is 27.1 Å². The van der Waals surface area contributed by atoms with Crippen molar-refractivity contribution in [1.82, 2.24) is 0 Å². The predicted octanol–water partition coefficient (Wildman–Crippen LogP) is 4.16. The summed E-state index contributed by atoms with van der Waals surface area (Å²) in [5.41, 5.74) is 6.44. The number of Topliss-reactive ketones (excluding diaryl/α,β-unsaturated/α-hetero) is 1. The summed E-state index contributed by atoms with van der Waals surface area (Å²) in [6, 6.07) is 10.1. The third kappa shape index (κ3) is 7.75. The summed E-state index contributed by atoms with van der Waals surface area (Å²) in [6.45, 7) is 2.82. The van der Waals surface area contributed by atoms with E-state index in [2.05, 4.69) is 4.52 Å². The number of aryl methyl sites for hydroxylation is 1. The molecule has 5 N–H and O–H groups in total. The van der Waals surface area contributed by atoms with Crippen molar-refractivity contribution in [1.29, 1.82) is 0 Å². The molecule has 0 saturated carbocycles. The number of benzene rings is 2. The maximum atomic E-state index is 11.5. The monoisotopic (exact) mass is 459 g/mol. The maximum Gasteiger partial charge on any atom is 0.469 e. The first-order valence-corrected chi connectivity index (χ1v) is 11.4. The Bertz CT molecular complexity index is 946. The number of halogens is 1. The SMILES string of the molecule is CC(=O)c1ccc(O)c(Sc2ccc(CC[C@](C)(N)COP(=O)(O)O)c(Cl)c2)c1. The molecule has 0 radical (unpaired) electrons. The Balaban J connectivity index is 2.06. The quantitative estimate of drug-likeness (QED) is 0.325. The molecule has 2 aromatic rings. The maximum absolute atomic E-state index is 11.5. The summed E-state index contributed by atoms with van der Waals surface area (Å²) in [5, 5.41) is 10.5. The number of ketones is 1. The highest BCUT2D eigenvalue weighted by Gasteiger charge is 2.24. The molecule has 29 heavy (non-hydrogen) atoms.